The smallest absolute Gasteiger partial charge is 0.236 e. The van der Waals surface area contributed by atoms with Crippen molar-refractivity contribution in [2.45, 2.75) is 39.7 Å². The fraction of sp³-hybridized carbons (Fsp3) is 0.833. The Kier molecular flexibility index (Phi) is 4.51. The minimum Gasteiger partial charge on any atom is -0.369 e. The van der Waals surface area contributed by atoms with Crippen LogP contribution in [0.5, 0.6) is 0 Å². The van der Waals surface area contributed by atoms with Gasteiger partial charge in [0.2, 0.25) is 11.8 Å². The van der Waals surface area contributed by atoms with Crippen molar-refractivity contribution in [2.24, 2.45) is 11.1 Å². The van der Waals surface area contributed by atoms with Crippen LogP contribution in [0, 0.1) is 5.41 Å². The predicted octanol–water partition coefficient (Wildman–Crippen LogP) is 0.0984. The highest BCUT2D eigenvalue weighted by Gasteiger charge is 2.40. The van der Waals surface area contributed by atoms with Crippen LogP contribution in [0.3, 0.4) is 0 Å². The van der Waals surface area contributed by atoms with Crippen molar-refractivity contribution in [3.05, 3.63) is 0 Å². The van der Waals surface area contributed by atoms with E-state index < -0.39 is 5.41 Å². The Morgan fingerprint density at radius 2 is 2.18 bits per heavy atom. The maximum absolute atomic E-state index is 11.9. The van der Waals surface area contributed by atoms with Gasteiger partial charge in [0.1, 0.15) is 0 Å². The molecule has 5 heteroatoms. The van der Waals surface area contributed by atoms with Crippen molar-refractivity contribution in [1.82, 2.24) is 10.2 Å². The van der Waals surface area contributed by atoms with E-state index in [-0.39, 0.29) is 11.8 Å². The molecule has 1 aliphatic heterocycles. The van der Waals surface area contributed by atoms with Gasteiger partial charge in [0, 0.05) is 19.1 Å². The third-order valence-electron chi connectivity index (χ3n) is 3.64. The number of primary amides is 1. The number of nitrogens with one attached hydrogen (secondary N) is 1. The lowest BCUT2D eigenvalue weighted by atomic mass is 9.89. The van der Waals surface area contributed by atoms with Crippen LogP contribution >= 0.6 is 0 Å². The summed E-state index contributed by atoms with van der Waals surface area (Å²) in [6.45, 7) is 7.35. The molecule has 0 bridgehead atoms. The van der Waals surface area contributed by atoms with Crippen LogP contribution in [-0.2, 0) is 9.59 Å². The van der Waals surface area contributed by atoms with E-state index in [2.05, 4.69) is 12.2 Å². The molecule has 0 aromatic rings. The molecule has 2 atom stereocenters. The van der Waals surface area contributed by atoms with Crippen molar-refractivity contribution in [1.29, 1.82) is 0 Å². The fourth-order valence-corrected chi connectivity index (χ4v) is 1.89. The number of hydrogen-bond acceptors (Lipinski definition) is 3. The Morgan fingerprint density at radius 3 is 2.65 bits per heavy atom. The molecule has 2 unspecified atom stereocenters. The van der Waals surface area contributed by atoms with Gasteiger partial charge in [0.25, 0.3) is 0 Å². The van der Waals surface area contributed by atoms with E-state index in [1.807, 2.05) is 13.8 Å². The van der Waals surface area contributed by atoms with Crippen LogP contribution in [0.15, 0.2) is 0 Å². The predicted molar refractivity (Wildman–Crippen MR) is 66.3 cm³/mol. The molecule has 1 rings (SSSR count). The van der Waals surface area contributed by atoms with E-state index in [4.69, 9.17) is 5.73 Å². The van der Waals surface area contributed by atoms with Crippen LogP contribution < -0.4 is 11.1 Å². The third kappa shape index (κ3) is 3.43. The first-order chi connectivity index (χ1) is 7.89. The fourth-order valence-electron chi connectivity index (χ4n) is 1.89. The van der Waals surface area contributed by atoms with E-state index in [0.29, 0.717) is 32.1 Å². The maximum Gasteiger partial charge on any atom is 0.236 e. The minimum absolute atomic E-state index is 0.0512. The number of amides is 2. The molecule has 17 heavy (non-hydrogen) atoms. The Hall–Kier alpha value is -1.10. The van der Waals surface area contributed by atoms with Gasteiger partial charge in [-0.2, -0.15) is 0 Å². The lowest BCUT2D eigenvalue weighted by molar-refractivity contribution is -0.131. The number of hydrogen-bond donors (Lipinski definition) is 2. The molecule has 1 aliphatic rings. The molecule has 1 saturated heterocycles. The molecule has 0 aliphatic carbocycles. The highest BCUT2D eigenvalue weighted by Crippen LogP contribution is 2.29. The Bertz CT molecular complexity index is 306. The third-order valence-corrected chi connectivity index (χ3v) is 3.64. The number of nitrogens with zero attached hydrogens (tertiary/aromatic N) is 1. The first-order valence-electron chi connectivity index (χ1n) is 6.20. The molecule has 0 radical (unpaired) electrons. The summed E-state index contributed by atoms with van der Waals surface area (Å²) in [5, 5.41) is 3.16. The minimum atomic E-state index is -0.550. The van der Waals surface area contributed by atoms with Crippen LogP contribution in [-0.4, -0.2) is 42.4 Å². The number of likely N-dealkylation sites (tertiary alicyclic amines) is 1. The van der Waals surface area contributed by atoms with Gasteiger partial charge in [-0.1, -0.05) is 6.92 Å². The van der Waals surface area contributed by atoms with Gasteiger partial charge in [-0.3, -0.25) is 9.59 Å². The van der Waals surface area contributed by atoms with E-state index in [0.717, 1.165) is 6.42 Å². The second-order valence-corrected chi connectivity index (χ2v) is 5.18. The molecular weight excluding hydrogens is 218 g/mol. The quantitative estimate of drug-likeness (QED) is 0.716. The first-order valence-corrected chi connectivity index (χ1v) is 6.20. The van der Waals surface area contributed by atoms with E-state index >= 15 is 0 Å². The normalized spacial score (nSPS) is 25.9. The Morgan fingerprint density at radius 1 is 1.53 bits per heavy atom. The lowest BCUT2D eigenvalue weighted by Crippen LogP contribution is -2.42. The largest absolute Gasteiger partial charge is 0.369 e. The molecule has 0 aromatic heterocycles. The standard InChI is InChI=1S/C12H23N3O2/c1-4-9(2)14-7-10(16)15-6-5-12(3,8-15)11(13)17/h9,14H,4-8H2,1-3H3,(H2,13,17). The van der Waals surface area contributed by atoms with E-state index in [9.17, 15) is 9.59 Å². The lowest BCUT2D eigenvalue weighted by Gasteiger charge is -2.22. The topological polar surface area (TPSA) is 75.4 Å². The van der Waals surface area contributed by atoms with E-state index in [1.54, 1.807) is 4.90 Å². The highest BCUT2D eigenvalue weighted by molar-refractivity contribution is 5.84. The molecule has 0 aromatic carbocycles. The first kappa shape index (κ1) is 14.0. The maximum atomic E-state index is 11.9. The van der Waals surface area contributed by atoms with Gasteiger partial charge in [0.15, 0.2) is 0 Å². The average Bonchev–Trinajstić information content (AvgIpc) is 2.69. The Balaban J connectivity index is 2.43. The molecule has 1 heterocycles. The van der Waals surface area contributed by atoms with Crippen LogP contribution in [0.1, 0.15) is 33.6 Å². The van der Waals surface area contributed by atoms with Crippen molar-refractivity contribution in [3.8, 4) is 0 Å². The second kappa shape index (κ2) is 5.49. The molecule has 2 amide bonds. The zero-order valence-electron chi connectivity index (χ0n) is 11.0. The van der Waals surface area contributed by atoms with Crippen LogP contribution in [0.4, 0.5) is 0 Å². The zero-order valence-corrected chi connectivity index (χ0v) is 11.0. The number of carbonyl (C=O) groups excluding carboxylic acids is 2. The van der Waals surface area contributed by atoms with Gasteiger partial charge in [-0.25, -0.2) is 0 Å². The summed E-state index contributed by atoms with van der Waals surface area (Å²) in [4.78, 5) is 24.9. The summed E-state index contributed by atoms with van der Waals surface area (Å²) >= 11 is 0. The summed E-state index contributed by atoms with van der Waals surface area (Å²) in [7, 11) is 0. The molecular formula is C12H23N3O2. The zero-order chi connectivity index (χ0) is 13.1. The van der Waals surface area contributed by atoms with Crippen molar-refractivity contribution >= 4 is 11.8 Å². The van der Waals surface area contributed by atoms with Crippen molar-refractivity contribution in [3.63, 3.8) is 0 Å². The van der Waals surface area contributed by atoms with Crippen molar-refractivity contribution in [2.75, 3.05) is 19.6 Å². The van der Waals surface area contributed by atoms with Gasteiger partial charge < -0.3 is 16.0 Å². The second-order valence-electron chi connectivity index (χ2n) is 5.18. The van der Waals surface area contributed by atoms with Crippen LogP contribution in [0.2, 0.25) is 0 Å². The summed E-state index contributed by atoms with van der Waals surface area (Å²) < 4.78 is 0. The molecule has 5 nitrogen and oxygen atoms in total. The number of rotatable bonds is 5. The molecule has 1 fully saturated rings. The monoisotopic (exact) mass is 241 g/mol. The van der Waals surface area contributed by atoms with Crippen molar-refractivity contribution < 1.29 is 9.59 Å². The van der Waals surface area contributed by atoms with Gasteiger partial charge >= 0.3 is 0 Å². The van der Waals surface area contributed by atoms with Crippen LogP contribution in [0.25, 0.3) is 0 Å². The average molecular weight is 241 g/mol. The number of carbonyl (C=O) groups is 2. The summed E-state index contributed by atoms with van der Waals surface area (Å²) in [5.41, 5.74) is 4.80. The van der Waals surface area contributed by atoms with Gasteiger partial charge in [0.05, 0.1) is 12.0 Å². The van der Waals surface area contributed by atoms with E-state index in [1.165, 1.54) is 0 Å². The van der Waals surface area contributed by atoms with Gasteiger partial charge in [-0.15, -0.1) is 0 Å². The SMILES string of the molecule is CCC(C)NCC(=O)N1CCC(C)(C(N)=O)C1. The summed E-state index contributed by atoms with van der Waals surface area (Å²) in [5.74, 6) is -0.266. The molecule has 3 N–H and O–H groups in total. The highest BCUT2D eigenvalue weighted by atomic mass is 16.2. The molecule has 0 saturated carbocycles. The molecule has 98 valence electrons. The Labute approximate surface area is 103 Å². The van der Waals surface area contributed by atoms with Gasteiger partial charge in [-0.05, 0) is 26.7 Å². The summed E-state index contributed by atoms with van der Waals surface area (Å²) in [6, 6.07) is 0.337. The molecule has 0 spiro atoms. The summed E-state index contributed by atoms with van der Waals surface area (Å²) in [6.07, 6.45) is 1.66. The number of nitrogens with two attached hydrogens (primary N) is 1.